The Bertz CT molecular complexity index is 322. The molecule has 1 rings (SSSR count). The van der Waals surface area contributed by atoms with Crippen LogP contribution in [0.15, 0.2) is 0 Å². The fraction of sp³-hybridized carbons (Fsp3) is 0.857. The molecule has 0 radical (unpaired) electrons. The van der Waals surface area contributed by atoms with Crippen molar-refractivity contribution in [1.29, 1.82) is 0 Å². The van der Waals surface area contributed by atoms with Crippen LogP contribution in [-0.2, 0) is 9.53 Å². The van der Waals surface area contributed by atoms with E-state index in [-0.39, 0.29) is 12.6 Å². The van der Waals surface area contributed by atoms with E-state index in [2.05, 4.69) is 17.6 Å². The molecule has 1 aliphatic carbocycles. The zero-order valence-electron chi connectivity index (χ0n) is 12.4. The van der Waals surface area contributed by atoms with Gasteiger partial charge in [0.1, 0.15) is 0 Å². The van der Waals surface area contributed by atoms with Gasteiger partial charge in [-0.05, 0) is 24.7 Å². The third-order valence-corrected chi connectivity index (χ3v) is 3.89. The first-order chi connectivity index (χ1) is 9.52. The molecular formula is C14H26N2O4. The van der Waals surface area contributed by atoms with E-state index in [0.717, 1.165) is 12.3 Å². The summed E-state index contributed by atoms with van der Waals surface area (Å²) in [5, 5.41) is 14.0. The Hall–Kier alpha value is -1.30. The van der Waals surface area contributed by atoms with Gasteiger partial charge >= 0.3 is 12.0 Å². The Morgan fingerprint density at radius 1 is 1.35 bits per heavy atom. The third-order valence-electron chi connectivity index (χ3n) is 3.89. The van der Waals surface area contributed by atoms with Crippen molar-refractivity contribution < 1.29 is 19.4 Å². The summed E-state index contributed by atoms with van der Waals surface area (Å²) >= 11 is 0. The quantitative estimate of drug-likeness (QED) is 0.663. The fourth-order valence-corrected chi connectivity index (χ4v) is 2.73. The number of amides is 2. The van der Waals surface area contributed by atoms with Crippen molar-refractivity contribution in [2.24, 2.45) is 11.8 Å². The number of carboxylic acids is 1. The minimum Gasteiger partial charge on any atom is -0.479 e. The fourth-order valence-electron chi connectivity index (χ4n) is 2.73. The second-order valence-electron chi connectivity index (χ2n) is 5.63. The Morgan fingerprint density at radius 3 is 2.70 bits per heavy atom. The molecule has 3 unspecified atom stereocenters. The number of hydrogen-bond acceptors (Lipinski definition) is 3. The summed E-state index contributed by atoms with van der Waals surface area (Å²) in [6, 6.07) is -0.336. The Morgan fingerprint density at radius 2 is 2.10 bits per heavy atom. The highest BCUT2D eigenvalue weighted by atomic mass is 16.5. The summed E-state index contributed by atoms with van der Waals surface area (Å²) < 4.78 is 4.73. The van der Waals surface area contributed by atoms with Gasteiger partial charge < -0.3 is 20.5 Å². The predicted molar refractivity (Wildman–Crippen MR) is 75.6 cm³/mol. The van der Waals surface area contributed by atoms with E-state index >= 15 is 0 Å². The number of urea groups is 1. The number of rotatable bonds is 7. The van der Waals surface area contributed by atoms with E-state index < -0.39 is 12.1 Å². The summed E-state index contributed by atoms with van der Waals surface area (Å²) in [4.78, 5) is 22.2. The summed E-state index contributed by atoms with van der Waals surface area (Å²) in [6.45, 7) is 2.88. The maximum Gasteiger partial charge on any atom is 0.334 e. The van der Waals surface area contributed by atoms with Crippen molar-refractivity contribution in [3.8, 4) is 0 Å². The standard InChI is InChI=1S/C14H26N2O4/c1-10-4-3-5-11(8-10)6-7-15-14(19)16-9-12(20-2)13(17)18/h10-12H,3-9H2,1-2H3,(H,17,18)(H2,15,16,19). The average molecular weight is 286 g/mol. The SMILES string of the molecule is COC(CNC(=O)NCCC1CCCC(C)C1)C(=O)O. The minimum atomic E-state index is -1.08. The largest absolute Gasteiger partial charge is 0.479 e. The first-order valence-electron chi connectivity index (χ1n) is 7.30. The summed E-state index contributed by atoms with van der Waals surface area (Å²) in [6.07, 6.45) is 5.08. The monoisotopic (exact) mass is 286 g/mol. The number of aliphatic carboxylic acids is 1. The van der Waals surface area contributed by atoms with Gasteiger partial charge in [0, 0.05) is 13.7 Å². The van der Waals surface area contributed by atoms with Crippen LogP contribution in [0.2, 0.25) is 0 Å². The van der Waals surface area contributed by atoms with Crippen molar-refractivity contribution in [3.63, 3.8) is 0 Å². The Labute approximate surface area is 120 Å². The molecular weight excluding hydrogens is 260 g/mol. The zero-order chi connectivity index (χ0) is 15.0. The van der Waals surface area contributed by atoms with Crippen LogP contribution < -0.4 is 10.6 Å². The van der Waals surface area contributed by atoms with E-state index in [1.807, 2.05) is 0 Å². The van der Waals surface area contributed by atoms with Crippen LogP contribution in [0.3, 0.4) is 0 Å². The molecule has 6 heteroatoms. The first kappa shape index (κ1) is 16.8. The molecule has 0 aromatic heterocycles. The van der Waals surface area contributed by atoms with Crippen LogP contribution in [0, 0.1) is 11.8 Å². The van der Waals surface area contributed by atoms with Crippen molar-refractivity contribution in [2.45, 2.75) is 45.1 Å². The Kier molecular flexibility index (Phi) is 7.36. The zero-order valence-corrected chi connectivity index (χ0v) is 12.4. The molecule has 2 amide bonds. The summed E-state index contributed by atoms with van der Waals surface area (Å²) in [7, 11) is 1.31. The van der Waals surface area contributed by atoms with Crippen molar-refractivity contribution in [1.82, 2.24) is 10.6 Å². The van der Waals surface area contributed by atoms with Crippen LogP contribution >= 0.6 is 0 Å². The number of carbonyl (C=O) groups is 2. The summed E-state index contributed by atoms with van der Waals surface area (Å²) in [5.74, 6) is 0.411. The number of ether oxygens (including phenoxy) is 1. The second-order valence-corrected chi connectivity index (χ2v) is 5.63. The maximum absolute atomic E-state index is 11.5. The molecule has 3 N–H and O–H groups in total. The number of carbonyl (C=O) groups excluding carboxylic acids is 1. The predicted octanol–water partition coefficient (Wildman–Crippen LogP) is 1.60. The number of nitrogens with one attached hydrogen (secondary N) is 2. The van der Waals surface area contributed by atoms with Gasteiger partial charge in [0.15, 0.2) is 6.10 Å². The minimum absolute atomic E-state index is 0.0296. The van der Waals surface area contributed by atoms with Gasteiger partial charge in [-0.1, -0.05) is 26.2 Å². The molecule has 0 aromatic rings. The van der Waals surface area contributed by atoms with Gasteiger partial charge in [-0.3, -0.25) is 0 Å². The lowest BCUT2D eigenvalue weighted by Crippen LogP contribution is -2.43. The van der Waals surface area contributed by atoms with Gasteiger partial charge in [0.25, 0.3) is 0 Å². The molecule has 0 aromatic carbocycles. The smallest absolute Gasteiger partial charge is 0.334 e. The van der Waals surface area contributed by atoms with Gasteiger partial charge in [0.05, 0.1) is 6.54 Å². The molecule has 0 bridgehead atoms. The highest BCUT2D eigenvalue weighted by molar-refractivity contribution is 5.76. The topological polar surface area (TPSA) is 87.7 Å². The lowest BCUT2D eigenvalue weighted by atomic mass is 9.81. The van der Waals surface area contributed by atoms with Gasteiger partial charge in [-0.25, -0.2) is 9.59 Å². The van der Waals surface area contributed by atoms with Crippen molar-refractivity contribution in [3.05, 3.63) is 0 Å². The average Bonchev–Trinajstić information content (AvgIpc) is 2.39. The molecule has 0 aliphatic heterocycles. The van der Waals surface area contributed by atoms with Crippen LogP contribution in [0.1, 0.15) is 39.0 Å². The van der Waals surface area contributed by atoms with Crippen LogP contribution in [-0.4, -0.2) is 43.4 Å². The van der Waals surface area contributed by atoms with E-state index in [4.69, 9.17) is 9.84 Å². The molecule has 1 fully saturated rings. The molecule has 6 nitrogen and oxygen atoms in total. The molecule has 20 heavy (non-hydrogen) atoms. The van der Waals surface area contributed by atoms with Crippen LogP contribution in [0.25, 0.3) is 0 Å². The molecule has 116 valence electrons. The van der Waals surface area contributed by atoms with E-state index in [9.17, 15) is 9.59 Å². The van der Waals surface area contributed by atoms with E-state index in [0.29, 0.717) is 12.5 Å². The Balaban J connectivity index is 2.12. The number of carboxylic acid groups (broad SMARTS) is 1. The van der Waals surface area contributed by atoms with Crippen LogP contribution in [0.5, 0.6) is 0 Å². The normalized spacial score (nSPS) is 23.9. The highest BCUT2D eigenvalue weighted by Crippen LogP contribution is 2.30. The highest BCUT2D eigenvalue weighted by Gasteiger charge is 2.19. The molecule has 0 saturated heterocycles. The van der Waals surface area contributed by atoms with E-state index in [1.165, 1.54) is 32.8 Å². The molecule has 0 spiro atoms. The molecule has 3 atom stereocenters. The van der Waals surface area contributed by atoms with E-state index in [1.54, 1.807) is 0 Å². The lowest BCUT2D eigenvalue weighted by molar-refractivity contribution is -0.147. The number of methoxy groups -OCH3 is 1. The van der Waals surface area contributed by atoms with Gasteiger partial charge in [-0.15, -0.1) is 0 Å². The van der Waals surface area contributed by atoms with Crippen molar-refractivity contribution >= 4 is 12.0 Å². The first-order valence-corrected chi connectivity index (χ1v) is 7.30. The summed E-state index contributed by atoms with van der Waals surface area (Å²) in [5.41, 5.74) is 0. The van der Waals surface area contributed by atoms with Crippen LogP contribution in [0.4, 0.5) is 4.79 Å². The van der Waals surface area contributed by atoms with Gasteiger partial charge in [0.2, 0.25) is 0 Å². The van der Waals surface area contributed by atoms with Gasteiger partial charge in [-0.2, -0.15) is 0 Å². The van der Waals surface area contributed by atoms with Crippen molar-refractivity contribution in [2.75, 3.05) is 20.2 Å². The molecule has 1 saturated carbocycles. The number of hydrogen-bond donors (Lipinski definition) is 3. The third kappa shape index (κ3) is 6.23. The second kappa shape index (κ2) is 8.79. The molecule has 0 heterocycles. The maximum atomic E-state index is 11.5. The lowest BCUT2D eigenvalue weighted by Gasteiger charge is -2.26. The molecule has 1 aliphatic rings.